The predicted octanol–water partition coefficient (Wildman–Crippen LogP) is 5.71. The molecule has 2 amide bonds. The Hall–Kier alpha value is -2.24. The van der Waals surface area contributed by atoms with Gasteiger partial charge < -0.3 is 15.0 Å². The van der Waals surface area contributed by atoms with Crippen LogP contribution in [-0.2, 0) is 16.1 Å². The number of carbonyl (C=O) groups is 2. The number of amides is 2. The van der Waals surface area contributed by atoms with Gasteiger partial charge in [-0.05, 0) is 82.0 Å². The van der Waals surface area contributed by atoms with Gasteiger partial charge in [0.25, 0.3) is 5.91 Å². The summed E-state index contributed by atoms with van der Waals surface area (Å²) >= 11 is 12.2. The lowest BCUT2D eigenvalue weighted by Crippen LogP contribution is -2.54. The third-order valence-electron chi connectivity index (χ3n) is 4.92. The minimum absolute atomic E-state index is 0.187. The van der Waals surface area contributed by atoms with Gasteiger partial charge in [0.05, 0.1) is 0 Å². The fourth-order valence-corrected chi connectivity index (χ4v) is 3.61. The highest BCUT2D eigenvalue weighted by atomic mass is 35.5. The first-order chi connectivity index (χ1) is 14.9. The average Bonchev–Trinajstić information content (AvgIpc) is 2.70. The Balaban J connectivity index is 2.26. The second-order valence-corrected chi connectivity index (χ2v) is 9.79. The van der Waals surface area contributed by atoms with Gasteiger partial charge in [-0.25, -0.2) is 0 Å². The number of ether oxygens (including phenoxy) is 1. The maximum absolute atomic E-state index is 13.3. The van der Waals surface area contributed by atoms with Crippen LogP contribution in [0.3, 0.4) is 0 Å². The molecule has 2 aromatic rings. The van der Waals surface area contributed by atoms with E-state index >= 15 is 0 Å². The van der Waals surface area contributed by atoms with Crippen molar-refractivity contribution in [1.82, 2.24) is 10.2 Å². The monoisotopic (exact) mass is 478 g/mol. The average molecular weight is 479 g/mol. The molecule has 5 nitrogen and oxygen atoms in total. The lowest BCUT2D eigenvalue weighted by Gasteiger charge is -2.33. The first kappa shape index (κ1) is 26.0. The Labute approximate surface area is 201 Å². The van der Waals surface area contributed by atoms with Crippen molar-refractivity contribution in [3.8, 4) is 5.75 Å². The number of hydrogen-bond acceptors (Lipinski definition) is 3. The number of carbonyl (C=O) groups excluding carboxylic acids is 2. The molecule has 0 spiro atoms. The van der Waals surface area contributed by atoms with Gasteiger partial charge in [0.2, 0.25) is 5.91 Å². The molecule has 0 fully saturated rings. The highest BCUT2D eigenvalue weighted by molar-refractivity contribution is 6.32. The minimum Gasteiger partial charge on any atom is -0.484 e. The van der Waals surface area contributed by atoms with E-state index in [9.17, 15) is 9.59 Å². The van der Waals surface area contributed by atoms with Crippen molar-refractivity contribution in [2.45, 2.75) is 66.1 Å². The summed E-state index contributed by atoms with van der Waals surface area (Å²) in [5.74, 6) is 0.0954. The summed E-state index contributed by atoms with van der Waals surface area (Å²) in [6.07, 6.45) is 0.473. The minimum atomic E-state index is -0.630. The van der Waals surface area contributed by atoms with Crippen molar-refractivity contribution in [1.29, 1.82) is 0 Å². The molecule has 32 heavy (non-hydrogen) atoms. The topological polar surface area (TPSA) is 58.6 Å². The molecule has 2 aromatic carbocycles. The highest BCUT2D eigenvalue weighted by Crippen LogP contribution is 2.26. The second kappa shape index (κ2) is 11.1. The summed E-state index contributed by atoms with van der Waals surface area (Å²) in [4.78, 5) is 27.8. The van der Waals surface area contributed by atoms with Crippen LogP contribution in [-0.4, -0.2) is 34.9 Å². The molecule has 0 bridgehead atoms. The molecular weight excluding hydrogens is 447 g/mol. The Bertz CT molecular complexity index is 930. The van der Waals surface area contributed by atoms with E-state index in [1.165, 1.54) is 0 Å². The van der Waals surface area contributed by atoms with Gasteiger partial charge in [-0.1, -0.05) is 42.3 Å². The van der Waals surface area contributed by atoms with Crippen molar-refractivity contribution in [2.24, 2.45) is 0 Å². The van der Waals surface area contributed by atoms with Crippen molar-refractivity contribution in [2.75, 3.05) is 6.61 Å². The molecule has 1 N–H and O–H groups in total. The van der Waals surface area contributed by atoms with Crippen LogP contribution in [0.1, 0.15) is 50.8 Å². The fourth-order valence-electron chi connectivity index (χ4n) is 3.38. The number of aryl methyl sites for hydroxylation is 2. The van der Waals surface area contributed by atoms with Crippen LogP contribution in [0, 0.1) is 13.8 Å². The van der Waals surface area contributed by atoms with E-state index in [1.54, 1.807) is 29.2 Å². The lowest BCUT2D eigenvalue weighted by atomic mass is 10.1. The molecule has 0 aromatic heterocycles. The molecule has 174 valence electrons. The molecule has 0 radical (unpaired) electrons. The van der Waals surface area contributed by atoms with Crippen LogP contribution in [0.4, 0.5) is 0 Å². The van der Waals surface area contributed by atoms with Crippen LogP contribution in [0.2, 0.25) is 10.0 Å². The number of nitrogens with zero attached hydrogens (tertiary/aromatic N) is 1. The lowest BCUT2D eigenvalue weighted by molar-refractivity contribution is -0.143. The third kappa shape index (κ3) is 7.42. The maximum atomic E-state index is 13.3. The van der Waals surface area contributed by atoms with Gasteiger partial charge in [0, 0.05) is 22.1 Å². The number of halogens is 2. The van der Waals surface area contributed by atoms with Gasteiger partial charge >= 0.3 is 0 Å². The quantitative estimate of drug-likeness (QED) is 0.528. The zero-order valence-electron chi connectivity index (χ0n) is 19.6. The highest BCUT2D eigenvalue weighted by Gasteiger charge is 2.31. The summed E-state index contributed by atoms with van der Waals surface area (Å²) in [6, 6.07) is 10.2. The molecule has 1 unspecified atom stereocenters. The van der Waals surface area contributed by atoms with Crippen LogP contribution >= 0.6 is 23.2 Å². The number of nitrogens with one attached hydrogen (secondary N) is 1. The van der Waals surface area contributed by atoms with E-state index in [1.807, 2.05) is 53.7 Å². The zero-order valence-corrected chi connectivity index (χ0v) is 21.1. The maximum Gasteiger partial charge on any atom is 0.261 e. The summed E-state index contributed by atoms with van der Waals surface area (Å²) < 4.78 is 5.79. The molecule has 2 rings (SSSR count). The summed E-state index contributed by atoms with van der Waals surface area (Å²) in [7, 11) is 0. The zero-order chi connectivity index (χ0) is 24.1. The first-order valence-corrected chi connectivity index (χ1v) is 11.4. The molecule has 0 saturated carbocycles. The molecular formula is C25H32Cl2N2O3. The fraction of sp³-hybridized carbons (Fsp3) is 0.440. The van der Waals surface area contributed by atoms with Gasteiger partial charge in [-0.2, -0.15) is 0 Å². The van der Waals surface area contributed by atoms with E-state index in [0.29, 0.717) is 22.2 Å². The largest absolute Gasteiger partial charge is 0.484 e. The predicted molar refractivity (Wildman–Crippen MR) is 130 cm³/mol. The molecule has 0 aliphatic carbocycles. The van der Waals surface area contributed by atoms with Crippen molar-refractivity contribution >= 4 is 35.0 Å². The summed E-state index contributed by atoms with van der Waals surface area (Å²) in [6.45, 7) is 11.5. The Morgan fingerprint density at radius 1 is 1.06 bits per heavy atom. The van der Waals surface area contributed by atoms with Gasteiger partial charge in [0.1, 0.15) is 11.8 Å². The number of hydrogen-bond donors (Lipinski definition) is 1. The molecule has 0 heterocycles. The van der Waals surface area contributed by atoms with E-state index in [-0.39, 0.29) is 25.0 Å². The molecule has 1 atom stereocenters. The summed E-state index contributed by atoms with van der Waals surface area (Å²) in [5, 5.41) is 4.28. The SMILES string of the molecule is CCC(C(=O)NC(C)(C)C)N(Cc1ccc(Cl)cc1)C(=O)COc1cc(C)c(Cl)c(C)c1. The Morgan fingerprint density at radius 3 is 2.12 bits per heavy atom. The third-order valence-corrected chi connectivity index (χ3v) is 5.77. The van der Waals surface area contributed by atoms with Crippen molar-refractivity contribution in [3.05, 3.63) is 63.1 Å². The van der Waals surface area contributed by atoms with E-state index < -0.39 is 11.6 Å². The van der Waals surface area contributed by atoms with Crippen LogP contribution < -0.4 is 10.1 Å². The van der Waals surface area contributed by atoms with Gasteiger partial charge in [-0.3, -0.25) is 9.59 Å². The normalized spacial score (nSPS) is 12.2. The van der Waals surface area contributed by atoms with E-state index in [2.05, 4.69) is 5.32 Å². The first-order valence-electron chi connectivity index (χ1n) is 10.7. The second-order valence-electron chi connectivity index (χ2n) is 8.97. The smallest absolute Gasteiger partial charge is 0.261 e. The van der Waals surface area contributed by atoms with Crippen molar-refractivity contribution in [3.63, 3.8) is 0 Å². The molecule has 0 aliphatic heterocycles. The molecule has 0 aliphatic rings. The Morgan fingerprint density at radius 2 is 1.62 bits per heavy atom. The number of rotatable bonds is 8. The molecule has 0 saturated heterocycles. The summed E-state index contributed by atoms with van der Waals surface area (Å²) in [5.41, 5.74) is 2.23. The van der Waals surface area contributed by atoms with Crippen molar-refractivity contribution < 1.29 is 14.3 Å². The number of benzene rings is 2. The van der Waals surface area contributed by atoms with Crippen LogP contribution in [0.15, 0.2) is 36.4 Å². The van der Waals surface area contributed by atoms with Gasteiger partial charge in [0.15, 0.2) is 6.61 Å². The Kier molecular flexibility index (Phi) is 8.99. The van der Waals surface area contributed by atoms with Gasteiger partial charge in [-0.15, -0.1) is 0 Å². The standard InChI is InChI=1S/C25H32Cl2N2O3/c1-7-21(24(31)28-25(4,5)6)29(14-18-8-10-19(26)11-9-18)22(30)15-32-20-12-16(2)23(27)17(3)13-20/h8-13,21H,7,14-15H2,1-6H3,(H,28,31). The van der Waals surface area contributed by atoms with Crippen LogP contribution in [0.25, 0.3) is 0 Å². The van der Waals surface area contributed by atoms with E-state index in [4.69, 9.17) is 27.9 Å². The molecule has 7 heteroatoms. The van der Waals surface area contributed by atoms with Crippen LogP contribution in [0.5, 0.6) is 5.75 Å². The van der Waals surface area contributed by atoms with E-state index in [0.717, 1.165) is 16.7 Å².